The highest BCUT2D eigenvalue weighted by molar-refractivity contribution is 7.99. The number of aliphatic carboxylic acids is 1. The number of ether oxygens (including phenoxy) is 1. The van der Waals surface area contributed by atoms with Crippen LogP contribution in [0, 0.1) is 6.92 Å². The summed E-state index contributed by atoms with van der Waals surface area (Å²) in [5, 5.41) is 14.7. The van der Waals surface area contributed by atoms with Crippen LogP contribution in [-0.4, -0.2) is 33.7 Å². The van der Waals surface area contributed by atoms with Gasteiger partial charge in [0.2, 0.25) is 0 Å². The zero-order valence-electron chi connectivity index (χ0n) is 11.7. The van der Waals surface area contributed by atoms with Crippen molar-refractivity contribution in [3.05, 3.63) is 40.5 Å². The summed E-state index contributed by atoms with van der Waals surface area (Å²) in [6, 6.07) is 7.44. The maximum Gasteiger partial charge on any atom is 0.313 e. The highest BCUT2D eigenvalue weighted by Crippen LogP contribution is 2.26. The molecule has 0 aliphatic carbocycles. The molecule has 2 aromatic rings. The molecular formula is C14H15ClN2O3S. The molecule has 0 unspecified atom stereocenters. The number of hydrogen-bond donors (Lipinski definition) is 1. The van der Waals surface area contributed by atoms with E-state index in [1.54, 1.807) is 11.8 Å². The summed E-state index contributed by atoms with van der Waals surface area (Å²) in [5.74, 6) is -0.902. The monoisotopic (exact) mass is 326 g/mol. The maximum absolute atomic E-state index is 10.8. The van der Waals surface area contributed by atoms with Crippen LogP contribution >= 0.6 is 23.4 Å². The van der Waals surface area contributed by atoms with Crippen molar-refractivity contribution in [1.29, 1.82) is 0 Å². The summed E-state index contributed by atoms with van der Waals surface area (Å²) in [6.45, 7) is 2.29. The number of rotatable bonds is 6. The first kappa shape index (κ1) is 15.9. The number of aryl methyl sites for hydroxylation is 1. The summed E-state index contributed by atoms with van der Waals surface area (Å²) < 4.78 is 6.76. The van der Waals surface area contributed by atoms with Gasteiger partial charge in [0, 0.05) is 12.1 Å². The summed E-state index contributed by atoms with van der Waals surface area (Å²) in [6.07, 6.45) is 0. The molecule has 112 valence electrons. The maximum atomic E-state index is 10.8. The molecule has 21 heavy (non-hydrogen) atoms. The van der Waals surface area contributed by atoms with Gasteiger partial charge in [-0.3, -0.25) is 4.79 Å². The summed E-state index contributed by atoms with van der Waals surface area (Å²) in [5.41, 5.74) is 2.51. The standard InChI is InChI=1S/C14H15ClN2O3S/c1-9-3-4-11(6-12(9)15)17-13(21-8-14(18)19)5-10(16-17)7-20-2/h3-6H,7-8H2,1-2H3,(H,18,19). The van der Waals surface area contributed by atoms with Gasteiger partial charge >= 0.3 is 5.97 Å². The Morgan fingerprint density at radius 1 is 1.48 bits per heavy atom. The molecule has 5 nitrogen and oxygen atoms in total. The van der Waals surface area contributed by atoms with Gasteiger partial charge in [-0.1, -0.05) is 29.4 Å². The Hall–Kier alpha value is -1.50. The second kappa shape index (κ2) is 6.98. The van der Waals surface area contributed by atoms with E-state index >= 15 is 0 Å². The van der Waals surface area contributed by atoms with E-state index in [-0.39, 0.29) is 5.75 Å². The van der Waals surface area contributed by atoms with Crippen molar-refractivity contribution < 1.29 is 14.6 Å². The van der Waals surface area contributed by atoms with E-state index in [9.17, 15) is 4.79 Å². The minimum atomic E-state index is -0.872. The predicted molar refractivity (Wildman–Crippen MR) is 82.4 cm³/mol. The van der Waals surface area contributed by atoms with Gasteiger partial charge in [0.05, 0.1) is 23.7 Å². The fourth-order valence-corrected chi connectivity index (χ4v) is 2.70. The van der Waals surface area contributed by atoms with Gasteiger partial charge in [-0.15, -0.1) is 0 Å². The van der Waals surface area contributed by atoms with E-state index in [2.05, 4.69) is 5.10 Å². The Labute approximate surface area is 131 Å². The van der Waals surface area contributed by atoms with E-state index < -0.39 is 5.97 Å². The van der Waals surface area contributed by atoms with Crippen LogP contribution in [0.15, 0.2) is 29.3 Å². The summed E-state index contributed by atoms with van der Waals surface area (Å²) >= 11 is 7.35. The molecule has 0 atom stereocenters. The molecule has 0 fully saturated rings. The molecule has 2 rings (SSSR count). The SMILES string of the molecule is COCc1cc(SCC(=O)O)n(-c2ccc(C)c(Cl)c2)n1. The second-order valence-electron chi connectivity index (χ2n) is 4.43. The van der Waals surface area contributed by atoms with E-state index in [1.807, 2.05) is 31.2 Å². The molecule has 1 heterocycles. The van der Waals surface area contributed by atoms with Crippen LogP contribution in [0.1, 0.15) is 11.3 Å². The van der Waals surface area contributed by atoms with Crippen LogP contribution in [0.25, 0.3) is 5.69 Å². The second-order valence-corrected chi connectivity index (χ2v) is 5.84. The van der Waals surface area contributed by atoms with E-state index in [1.165, 1.54) is 11.8 Å². The molecule has 0 radical (unpaired) electrons. The first-order valence-corrected chi connectivity index (χ1v) is 7.56. The zero-order valence-corrected chi connectivity index (χ0v) is 13.2. The van der Waals surface area contributed by atoms with Gasteiger partial charge < -0.3 is 9.84 Å². The van der Waals surface area contributed by atoms with E-state index in [0.29, 0.717) is 11.6 Å². The number of halogens is 1. The van der Waals surface area contributed by atoms with Gasteiger partial charge in [-0.2, -0.15) is 5.10 Å². The van der Waals surface area contributed by atoms with Crippen molar-refractivity contribution in [2.24, 2.45) is 0 Å². The Bertz CT molecular complexity index is 658. The van der Waals surface area contributed by atoms with Gasteiger partial charge in [0.15, 0.2) is 0 Å². The molecular weight excluding hydrogens is 312 g/mol. The topological polar surface area (TPSA) is 64.3 Å². The number of methoxy groups -OCH3 is 1. The van der Waals surface area contributed by atoms with Crippen LogP contribution in [0.3, 0.4) is 0 Å². The number of carboxylic acids is 1. The van der Waals surface area contributed by atoms with Crippen LogP contribution in [-0.2, 0) is 16.1 Å². The Kier molecular flexibility index (Phi) is 5.27. The van der Waals surface area contributed by atoms with Crippen molar-refractivity contribution in [2.45, 2.75) is 18.6 Å². The first-order chi connectivity index (χ1) is 10.0. The molecule has 1 N–H and O–H groups in total. The van der Waals surface area contributed by atoms with Crippen molar-refractivity contribution in [3.8, 4) is 5.69 Å². The summed E-state index contributed by atoms with van der Waals surface area (Å²) in [4.78, 5) is 10.8. The van der Waals surface area contributed by atoms with Crippen molar-refractivity contribution in [1.82, 2.24) is 9.78 Å². The third-order valence-corrected chi connectivity index (χ3v) is 4.15. The molecule has 0 saturated heterocycles. The van der Waals surface area contributed by atoms with Crippen molar-refractivity contribution >= 4 is 29.3 Å². The molecule has 7 heteroatoms. The lowest BCUT2D eigenvalue weighted by atomic mass is 10.2. The lowest BCUT2D eigenvalue weighted by molar-refractivity contribution is -0.133. The average molecular weight is 327 g/mol. The van der Waals surface area contributed by atoms with Gasteiger partial charge in [-0.05, 0) is 30.7 Å². The first-order valence-electron chi connectivity index (χ1n) is 6.20. The van der Waals surface area contributed by atoms with E-state index in [4.69, 9.17) is 21.4 Å². The van der Waals surface area contributed by atoms with Crippen LogP contribution < -0.4 is 0 Å². The highest BCUT2D eigenvalue weighted by atomic mass is 35.5. The fraction of sp³-hybridized carbons (Fsp3) is 0.286. The molecule has 0 bridgehead atoms. The molecule has 0 saturated carbocycles. The van der Waals surface area contributed by atoms with Gasteiger partial charge in [-0.25, -0.2) is 4.68 Å². The number of carboxylic acid groups (broad SMARTS) is 1. The molecule has 1 aromatic carbocycles. The number of hydrogen-bond acceptors (Lipinski definition) is 4. The lowest BCUT2D eigenvalue weighted by Gasteiger charge is -2.07. The van der Waals surface area contributed by atoms with Gasteiger partial charge in [0.1, 0.15) is 5.03 Å². The molecule has 0 aliphatic heterocycles. The minimum Gasteiger partial charge on any atom is -0.481 e. The Balaban J connectivity index is 2.38. The number of carbonyl (C=O) groups is 1. The van der Waals surface area contributed by atoms with Crippen LogP contribution in [0.2, 0.25) is 5.02 Å². The quantitative estimate of drug-likeness (QED) is 0.826. The summed E-state index contributed by atoms with van der Waals surface area (Å²) in [7, 11) is 1.59. The third kappa shape index (κ3) is 4.00. The number of thioether (sulfide) groups is 1. The Morgan fingerprint density at radius 3 is 2.86 bits per heavy atom. The van der Waals surface area contributed by atoms with Crippen LogP contribution in [0.5, 0.6) is 0 Å². The fourth-order valence-electron chi connectivity index (χ4n) is 1.77. The molecule has 0 aliphatic rings. The average Bonchev–Trinajstić information content (AvgIpc) is 2.83. The largest absolute Gasteiger partial charge is 0.481 e. The molecule has 0 spiro atoms. The number of aromatic nitrogens is 2. The van der Waals surface area contributed by atoms with Crippen molar-refractivity contribution in [2.75, 3.05) is 12.9 Å². The molecule has 1 aromatic heterocycles. The Morgan fingerprint density at radius 2 is 2.24 bits per heavy atom. The lowest BCUT2D eigenvalue weighted by Crippen LogP contribution is -2.03. The molecule has 0 amide bonds. The number of nitrogens with zero attached hydrogens (tertiary/aromatic N) is 2. The van der Waals surface area contributed by atoms with E-state index in [0.717, 1.165) is 22.0 Å². The van der Waals surface area contributed by atoms with Gasteiger partial charge in [0.25, 0.3) is 0 Å². The highest BCUT2D eigenvalue weighted by Gasteiger charge is 2.12. The minimum absolute atomic E-state index is 0.0301. The van der Waals surface area contributed by atoms with Crippen LogP contribution in [0.4, 0.5) is 0 Å². The smallest absolute Gasteiger partial charge is 0.313 e. The zero-order chi connectivity index (χ0) is 15.4. The normalized spacial score (nSPS) is 10.8. The third-order valence-electron chi connectivity index (χ3n) is 2.76. The van der Waals surface area contributed by atoms with Crippen molar-refractivity contribution in [3.63, 3.8) is 0 Å². The predicted octanol–water partition coefficient (Wildman–Crippen LogP) is 3.16. The number of benzene rings is 1.